The van der Waals surface area contributed by atoms with Crippen LogP contribution in [0.1, 0.15) is 18.7 Å². The Morgan fingerprint density at radius 3 is 1.56 bits per heavy atom. The second-order valence-electron chi connectivity index (χ2n) is 15.8. The van der Waals surface area contributed by atoms with Gasteiger partial charge >= 0.3 is 0 Å². The highest BCUT2D eigenvalue weighted by Crippen LogP contribution is 2.41. The molecule has 4 heterocycles. The molecule has 7 aromatic carbocycles. The van der Waals surface area contributed by atoms with Crippen molar-refractivity contribution in [3.63, 3.8) is 0 Å². The van der Waals surface area contributed by atoms with Crippen LogP contribution in [-0.2, 0) is 0 Å². The Kier molecular flexibility index (Phi) is 8.52. The Labute approximate surface area is 358 Å². The Bertz CT molecular complexity index is 3560. The van der Waals surface area contributed by atoms with Crippen LogP contribution in [0.3, 0.4) is 0 Å². The number of aromatic nitrogens is 6. The zero-order valence-electron chi connectivity index (χ0n) is 33.7. The van der Waals surface area contributed by atoms with E-state index in [2.05, 4.69) is 173 Å². The van der Waals surface area contributed by atoms with Gasteiger partial charge in [0, 0.05) is 67.6 Å². The molecule has 11 aromatic rings. The Morgan fingerprint density at radius 1 is 0.387 bits per heavy atom. The minimum absolute atomic E-state index is 0.595. The molecule has 0 amide bonds. The lowest BCUT2D eigenvalue weighted by molar-refractivity contribution is 1.00. The summed E-state index contributed by atoms with van der Waals surface area (Å²) in [4.78, 5) is 19.8. The Hall–Kier alpha value is -8.22. The number of hydrogen-bond acceptors (Lipinski definition) is 4. The number of rotatable bonds is 7. The highest BCUT2D eigenvalue weighted by atomic mass is 15.0. The third-order valence-electron chi connectivity index (χ3n) is 12.1. The standard InChI is InChI=1S/C56H38N6/c1-4-16-38(17-5-1)54-58-55(39-18-6-2-7-19-39)60-56(59-54)41-34-40(35-57-36-41)45-25-15-29-51-53(45)47-23-11-13-27-49(47)62(51)43-32-30-37(31-33-43)44-24-14-28-50-52(44)46-22-10-12-26-48(46)61(50)42-20-8-3-9-21-42/h1,3-6,8-36H,2,7H2. The molecular weight excluding hydrogens is 757 g/mol. The lowest BCUT2D eigenvalue weighted by Crippen LogP contribution is -2.03. The van der Waals surface area contributed by atoms with Crippen LogP contribution in [-0.4, -0.2) is 29.1 Å². The van der Waals surface area contributed by atoms with Crippen molar-refractivity contribution in [3.8, 4) is 56.4 Å². The van der Waals surface area contributed by atoms with Crippen LogP contribution in [0.2, 0.25) is 0 Å². The van der Waals surface area contributed by atoms with E-state index < -0.39 is 0 Å². The molecule has 0 spiro atoms. The van der Waals surface area contributed by atoms with Crippen molar-refractivity contribution in [2.75, 3.05) is 0 Å². The third kappa shape index (κ3) is 5.95. The third-order valence-corrected chi connectivity index (χ3v) is 12.1. The van der Waals surface area contributed by atoms with E-state index in [9.17, 15) is 0 Å². The van der Waals surface area contributed by atoms with E-state index >= 15 is 0 Å². The molecule has 4 aromatic heterocycles. The molecule has 62 heavy (non-hydrogen) atoms. The average Bonchev–Trinajstić information content (AvgIpc) is 3.88. The minimum atomic E-state index is 0.595. The molecule has 0 aliphatic heterocycles. The largest absolute Gasteiger partial charge is 0.309 e. The summed E-state index contributed by atoms with van der Waals surface area (Å²) in [5.74, 6) is 1.91. The molecule has 12 rings (SSSR count). The van der Waals surface area contributed by atoms with Gasteiger partial charge in [-0.3, -0.25) is 4.98 Å². The molecule has 0 unspecified atom stereocenters. The summed E-state index contributed by atoms with van der Waals surface area (Å²) in [7, 11) is 0. The molecular formula is C56H38N6. The van der Waals surface area contributed by atoms with Crippen LogP contribution in [0.5, 0.6) is 0 Å². The van der Waals surface area contributed by atoms with Gasteiger partial charge in [-0.05, 0) is 84.1 Å². The SMILES string of the molecule is C1=CC(c2nc(-c3ccccc3)nc(-c3cncc(-c4cccc5c4c4ccccc4n5-c4ccc(-c5cccc6c5c5ccccc5n6-c5ccccc5)cc4)c3)n2)=CCC1. The maximum Gasteiger partial charge on any atom is 0.165 e. The predicted octanol–water partition coefficient (Wildman–Crippen LogP) is 13.9. The molecule has 0 fully saturated rings. The summed E-state index contributed by atoms with van der Waals surface area (Å²) in [5.41, 5.74) is 14.2. The van der Waals surface area contributed by atoms with E-state index in [1.807, 2.05) is 42.7 Å². The van der Waals surface area contributed by atoms with Crippen LogP contribution >= 0.6 is 0 Å². The van der Waals surface area contributed by atoms with E-state index in [0.29, 0.717) is 17.5 Å². The van der Waals surface area contributed by atoms with Gasteiger partial charge in [-0.15, -0.1) is 0 Å². The highest BCUT2D eigenvalue weighted by Gasteiger charge is 2.20. The van der Waals surface area contributed by atoms with E-state index in [1.165, 1.54) is 43.7 Å². The molecule has 1 aliphatic carbocycles. The van der Waals surface area contributed by atoms with Gasteiger partial charge in [-0.1, -0.05) is 140 Å². The molecule has 0 saturated heterocycles. The first-order valence-electron chi connectivity index (χ1n) is 21.1. The lowest BCUT2D eigenvalue weighted by Gasteiger charge is -2.12. The Morgan fingerprint density at radius 2 is 0.919 bits per heavy atom. The van der Waals surface area contributed by atoms with Crippen molar-refractivity contribution in [1.29, 1.82) is 0 Å². The quantitative estimate of drug-likeness (QED) is 0.161. The van der Waals surface area contributed by atoms with Crippen LogP contribution in [0.4, 0.5) is 0 Å². The highest BCUT2D eigenvalue weighted by molar-refractivity contribution is 6.17. The molecule has 0 bridgehead atoms. The summed E-state index contributed by atoms with van der Waals surface area (Å²) in [5, 5.41) is 4.84. The zero-order chi connectivity index (χ0) is 41.0. The molecule has 0 N–H and O–H groups in total. The monoisotopic (exact) mass is 794 g/mol. The summed E-state index contributed by atoms with van der Waals surface area (Å²) < 4.78 is 4.76. The van der Waals surface area contributed by atoms with Crippen molar-refractivity contribution in [2.24, 2.45) is 0 Å². The summed E-state index contributed by atoms with van der Waals surface area (Å²) in [6.45, 7) is 0. The summed E-state index contributed by atoms with van der Waals surface area (Å²) in [6.07, 6.45) is 12.3. The van der Waals surface area contributed by atoms with Crippen LogP contribution in [0.25, 0.3) is 106 Å². The topological polar surface area (TPSA) is 61.4 Å². The van der Waals surface area contributed by atoms with Crippen LogP contribution in [0, 0.1) is 0 Å². The number of pyridine rings is 1. The van der Waals surface area contributed by atoms with Crippen molar-refractivity contribution < 1.29 is 0 Å². The van der Waals surface area contributed by atoms with Crippen molar-refractivity contribution >= 4 is 49.2 Å². The Balaban J connectivity index is 0.972. The normalized spacial score (nSPS) is 12.7. The predicted molar refractivity (Wildman–Crippen MR) is 254 cm³/mol. The molecule has 1 aliphatic rings. The first-order chi connectivity index (χ1) is 30.8. The van der Waals surface area contributed by atoms with E-state index in [-0.39, 0.29) is 0 Å². The number of para-hydroxylation sites is 3. The molecule has 0 saturated carbocycles. The van der Waals surface area contributed by atoms with E-state index in [1.54, 1.807) is 0 Å². The van der Waals surface area contributed by atoms with Gasteiger partial charge in [0.05, 0.1) is 22.1 Å². The number of fused-ring (bicyclic) bond motifs is 6. The smallest absolute Gasteiger partial charge is 0.165 e. The van der Waals surface area contributed by atoms with Crippen molar-refractivity contribution in [2.45, 2.75) is 12.8 Å². The zero-order valence-corrected chi connectivity index (χ0v) is 33.7. The van der Waals surface area contributed by atoms with Crippen LogP contribution < -0.4 is 0 Å². The number of benzene rings is 7. The number of allylic oxidation sites excluding steroid dienone is 4. The van der Waals surface area contributed by atoms with Crippen molar-refractivity contribution in [1.82, 2.24) is 29.1 Å². The van der Waals surface area contributed by atoms with E-state index in [0.717, 1.165) is 63.1 Å². The first kappa shape index (κ1) is 35.7. The molecule has 0 radical (unpaired) electrons. The first-order valence-corrected chi connectivity index (χ1v) is 21.1. The fraction of sp³-hybridized carbons (Fsp3) is 0.0357. The second-order valence-corrected chi connectivity index (χ2v) is 15.8. The fourth-order valence-electron chi connectivity index (χ4n) is 9.28. The van der Waals surface area contributed by atoms with Gasteiger partial charge in [-0.25, -0.2) is 15.0 Å². The van der Waals surface area contributed by atoms with Crippen molar-refractivity contribution in [3.05, 3.63) is 212 Å². The molecule has 6 heteroatoms. The number of hydrogen-bond donors (Lipinski definition) is 0. The maximum absolute atomic E-state index is 5.03. The van der Waals surface area contributed by atoms with Gasteiger partial charge < -0.3 is 9.13 Å². The molecule has 6 nitrogen and oxygen atoms in total. The van der Waals surface area contributed by atoms with Gasteiger partial charge in [0.1, 0.15) is 0 Å². The van der Waals surface area contributed by atoms with Gasteiger partial charge in [0.15, 0.2) is 17.5 Å². The minimum Gasteiger partial charge on any atom is -0.309 e. The average molecular weight is 795 g/mol. The molecule has 292 valence electrons. The maximum atomic E-state index is 5.03. The van der Waals surface area contributed by atoms with Gasteiger partial charge in [-0.2, -0.15) is 0 Å². The second kappa shape index (κ2) is 14.8. The lowest BCUT2D eigenvalue weighted by atomic mass is 9.99. The summed E-state index contributed by atoms with van der Waals surface area (Å²) in [6, 6.07) is 62.6. The van der Waals surface area contributed by atoms with Gasteiger partial charge in [0.25, 0.3) is 0 Å². The molecule has 0 atom stereocenters. The van der Waals surface area contributed by atoms with Crippen LogP contribution in [0.15, 0.2) is 207 Å². The summed E-state index contributed by atoms with van der Waals surface area (Å²) >= 11 is 0. The van der Waals surface area contributed by atoms with E-state index in [4.69, 9.17) is 19.9 Å². The number of nitrogens with zero attached hydrogens (tertiary/aromatic N) is 6. The fourth-order valence-corrected chi connectivity index (χ4v) is 9.28. The van der Waals surface area contributed by atoms with Gasteiger partial charge in [0.2, 0.25) is 0 Å².